The van der Waals surface area contributed by atoms with Crippen molar-refractivity contribution in [3.05, 3.63) is 71.8 Å². The number of hydrogen-bond acceptors (Lipinski definition) is 4. The lowest BCUT2D eigenvalue weighted by atomic mass is 9.99. The first-order chi connectivity index (χ1) is 15.9. The van der Waals surface area contributed by atoms with Crippen molar-refractivity contribution in [1.29, 1.82) is 0 Å². The van der Waals surface area contributed by atoms with Crippen molar-refractivity contribution in [3.8, 4) is 5.75 Å². The maximum Gasteiger partial charge on any atom is 0.237 e. The minimum atomic E-state index is -0.405. The minimum Gasteiger partial charge on any atom is -0.508 e. The van der Waals surface area contributed by atoms with Crippen molar-refractivity contribution < 1.29 is 9.90 Å². The Balaban J connectivity index is 0.00000578. The van der Waals surface area contributed by atoms with Gasteiger partial charge in [-0.15, -0.1) is 24.8 Å². The van der Waals surface area contributed by atoms with Crippen LogP contribution in [0.3, 0.4) is 0 Å². The normalized spacial score (nSPS) is 13.5. The summed E-state index contributed by atoms with van der Waals surface area (Å²) in [5.41, 5.74) is 8.31. The van der Waals surface area contributed by atoms with Gasteiger partial charge in [-0.3, -0.25) is 10.1 Å². The maximum absolute atomic E-state index is 13.2. The molecule has 0 bridgehead atoms. The standard InChI is InChI=1S/C28H41N3O2.2ClH/c1-4-5-11-24(29)20-30-28(33)27(19-23-13-16-26(32)17-14-23)31-25(18-21(2)3)15-12-22-9-7-6-8-10-22;;/h6-10,12-17,21,24-25,27,31-32H,4-5,11,18-20,29H2,1-3H3,(H,30,33);2*1H/b15-12+;;/t24-,25+,27-;;/m0../s1. The number of halogens is 2. The average Bonchev–Trinajstić information content (AvgIpc) is 2.80. The molecule has 5 nitrogen and oxygen atoms in total. The molecule has 0 saturated carbocycles. The molecule has 0 heterocycles. The zero-order valence-corrected chi connectivity index (χ0v) is 22.8. The maximum atomic E-state index is 13.2. The third-order valence-electron chi connectivity index (χ3n) is 5.62. The molecular weight excluding hydrogens is 481 g/mol. The first-order valence-electron chi connectivity index (χ1n) is 12.2. The molecule has 0 aliphatic heterocycles. The SMILES string of the molecule is CCCC[C@H](N)CNC(=O)[C@H](Cc1ccc(O)cc1)N[C@H](/C=C/c1ccccc1)CC(C)C.Cl.Cl. The van der Waals surface area contributed by atoms with Gasteiger partial charge in [-0.1, -0.05) is 88.2 Å². The molecule has 196 valence electrons. The Morgan fingerprint density at radius 1 is 1.06 bits per heavy atom. The van der Waals surface area contributed by atoms with E-state index in [2.05, 4.69) is 55.7 Å². The molecule has 2 aromatic rings. The predicted octanol–water partition coefficient (Wildman–Crippen LogP) is 5.50. The van der Waals surface area contributed by atoms with E-state index in [1.54, 1.807) is 12.1 Å². The first-order valence-corrected chi connectivity index (χ1v) is 12.2. The van der Waals surface area contributed by atoms with Crippen LogP contribution in [0.1, 0.15) is 57.6 Å². The number of carbonyl (C=O) groups excluding carboxylic acids is 1. The van der Waals surface area contributed by atoms with Crippen LogP contribution in [0, 0.1) is 5.92 Å². The van der Waals surface area contributed by atoms with Gasteiger partial charge in [0.05, 0.1) is 6.04 Å². The number of carbonyl (C=O) groups is 1. The molecule has 3 atom stereocenters. The number of aromatic hydroxyl groups is 1. The Morgan fingerprint density at radius 2 is 1.71 bits per heavy atom. The molecule has 0 aliphatic carbocycles. The molecule has 1 amide bonds. The summed E-state index contributed by atoms with van der Waals surface area (Å²) < 4.78 is 0. The lowest BCUT2D eigenvalue weighted by Crippen LogP contribution is -2.51. The Labute approximate surface area is 223 Å². The van der Waals surface area contributed by atoms with E-state index in [0.29, 0.717) is 18.9 Å². The van der Waals surface area contributed by atoms with Crippen molar-refractivity contribution in [1.82, 2.24) is 10.6 Å². The highest BCUT2D eigenvalue weighted by Crippen LogP contribution is 2.14. The van der Waals surface area contributed by atoms with Gasteiger partial charge >= 0.3 is 0 Å². The van der Waals surface area contributed by atoms with Crippen LogP contribution in [0.5, 0.6) is 5.75 Å². The summed E-state index contributed by atoms with van der Waals surface area (Å²) in [5.74, 6) is 0.651. The Morgan fingerprint density at radius 3 is 2.31 bits per heavy atom. The zero-order valence-electron chi connectivity index (χ0n) is 21.2. The lowest BCUT2D eigenvalue weighted by Gasteiger charge is -2.25. The summed E-state index contributed by atoms with van der Waals surface area (Å²) >= 11 is 0. The molecule has 5 N–H and O–H groups in total. The van der Waals surface area contributed by atoms with Crippen LogP contribution in [-0.2, 0) is 11.2 Å². The van der Waals surface area contributed by atoms with Gasteiger partial charge < -0.3 is 16.2 Å². The largest absolute Gasteiger partial charge is 0.508 e. The van der Waals surface area contributed by atoms with Crippen LogP contribution in [0.2, 0.25) is 0 Å². The Hall–Kier alpha value is -2.05. The van der Waals surface area contributed by atoms with Crippen molar-refractivity contribution in [2.24, 2.45) is 11.7 Å². The summed E-state index contributed by atoms with van der Waals surface area (Å²) in [6, 6.07) is 16.8. The summed E-state index contributed by atoms with van der Waals surface area (Å²) in [5, 5.41) is 16.3. The highest BCUT2D eigenvalue weighted by atomic mass is 35.5. The number of nitrogens with two attached hydrogens (primary N) is 1. The molecule has 7 heteroatoms. The third kappa shape index (κ3) is 13.6. The molecular formula is C28H43Cl2N3O2. The van der Waals surface area contributed by atoms with Gasteiger partial charge in [0.2, 0.25) is 5.91 Å². The van der Waals surface area contributed by atoms with Gasteiger partial charge in [-0.25, -0.2) is 0 Å². The van der Waals surface area contributed by atoms with Crippen molar-refractivity contribution in [2.75, 3.05) is 6.54 Å². The van der Waals surface area contributed by atoms with E-state index < -0.39 is 6.04 Å². The number of phenolic OH excluding ortho intramolecular Hbond substituents is 1. The number of benzene rings is 2. The van der Waals surface area contributed by atoms with Crippen molar-refractivity contribution in [2.45, 2.75) is 71.0 Å². The molecule has 0 aliphatic rings. The molecule has 2 aromatic carbocycles. The molecule has 2 rings (SSSR count). The second-order valence-electron chi connectivity index (χ2n) is 9.24. The molecule has 0 aromatic heterocycles. The second-order valence-corrected chi connectivity index (χ2v) is 9.24. The third-order valence-corrected chi connectivity index (χ3v) is 5.62. The number of phenols is 1. The van der Waals surface area contributed by atoms with E-state index in [-0.39, 0.29) is 48.6 Å². The summed E-state index contributed by atoms with van der Waals surface area (Å²) in [6.07, 6.45) is 8.77. The van der Waals surface area contributed by atoms with E-state index >= 15 is 0 Å². The zero-order chi connectivity index (χ0) is 24.1. The minimum absolute atomic E-state index is 0. The second kappa shape index (κ2) is 18.3. The quantitative estimate of drug-likeness (QED) is 0.263. The molecule has 0 radical (unpaired) electrons. The van der Waals surface area contributed by atoms with Crippen molar-refractivity contribution in [3.63, 3.8) is 0 Å². The number of amides is 1. The van der Waals surface area contributed by atoms with E-state index in [0.717, 1.165) is 36.8 Å². The van der Waals surface area contributed by atoms with Gasteiger partial charge in [0.15, 0.2) is 0 Å². The van der Waals surface area contributed by atoms with Gasteiger partial charge in [0, 0.05) is 18.6 Å². The molecule has 0 spiro atoms. The highest BCUT2D eigenvalue weighted by molar-refractivity contribution is 5.85. The Kier molecular flexibility index (Phi) is 17.2. The van der Waals surface area contributed by atoms with Crippen LogP contribution < -0.4 is 16.4 Å². The topological polar surface area (TPSA) is 87.4 Å². The highest BCUT2D eigenvalue weighted by Gasteiger charge is 2.22. The van der Waals surface area contributed by atoms with Crippen LogP contribution in [0.15, 0.2) is 60.7 Å². The van der Waals surface area contributed by atoms with Gasteiger partial charge in [0.1, 0.15) is 5.75 Å². The fourth-order valence-corrected chi connectivity index (χ4v) is 3.78. The van der Waals surface area contributed by atoms with Gasteiger partial charge in [-0.2, -0.15) is 0 Å². The average molecular weight is 525 g/mol. The fourth-order valence-electron chi connectivity index (χ4n) is 3.78. The first kappa shape index (κ1) is 33.0. The van der Waals surface area contributed by atoms with E-state index in [1.165, 1.54) is 0 Å². The monoisotopic (exact) mass is 523 g/mol. The van der Waals surface area contributed by atoms with Gasteiger partial charge in [0.25, 0.3) is 0 Å². The number of hydrogen-bond donors (Lipinski definition) is 4. The van der Waals surface area contributed by atoms with E-state index in [9.17, 15) is 9.90 Å². The van der Waals surface area contributed by atoms with Crippen LogP contribution in [-0.4, -0.2) is 35.7 Å². The van der Waals surface area contributed by atoms with Crippen LogP contribution in [0.4, 0.5) is 0 Å². The number of nitrogens with one attached hydrogen (secondary N) is 2. The molecule has 0 fully saturated rings. The molecule has 35 heavy (non-hydrogen) atoms. The summed E-state index contributed by atoms with van der Waals surface area (Å²) in [4.78, 5) is 13.2. The Bertz CT molecular complexity index is 845. The number of rotatable bonds is 14. The summed E-state index contributed by atoms with van der Waals surface area (Å²) in [7, 11) is 0. The number of unbranched alkanes of at least 4 members (excludes halogenated alkanes) is 1. The van der Waals surface area contributed by atoms with Crippen molar-refractivity contribution >= 4 is 36.8 Å². The van der Waals surface area contributed by atoms with Crippen LogP contribution >= 0.6 is 24.8 Å². The lowest BCUT2D eigenvalue weighted by molar-refractivity contribution is -0.123. The predicted molar refractivity (Wildman–Crippen MR) is 152 cm³/mol. The van der Waals surface area contributed by atoms with Crippen LogP contribution in [0.25, 0.3) is 6.08 Å². The summed E-state index contributed by atoms with van der Waals surface area (Å²) in [6.45, 7) is 6.99. The molecule has 0 unspecified atom stereocenters. The molecule has 0 saturated heterocycles. The van der Waals surface area contributed by atoms with Gasteiger partial charge in [-0.05, 0) is 48.4 Å². The fraction of sp³-hybridized carbons (Fsp3) is 0.464. The van der Waals surface area contributed by atoms with E-state index in [1.807, 2.05) is 30.3 Å². The van der Waals surface area contributed by atoms with E-state index in [4.69, 9.17) is 5.73 Å². The smallest absolute Gasteiger partial charge is 0.237 e.